The first kappa shape index (κ1) is 12.5. The van der Waals surface area contributed by atoms with Crippen LogP contribution in [-0.2, 0) is 0 Å². The number of halogens is 1. The lowest BCUT2D eigenvalue weighted by molar-refractivity contribution is 0.203. The molecule has 2 unspecified atom stereocenters. The molecule has 0 spiro atoms. The van der Waals surface area contributed by atoms with E-state index in [9.17, 15) is 0 Å². The second-order valence-corrected chi connectivity index (χ2v) is 5.47. The van der Waals surface area contributed by atoms with Crippen LogP contribution in [0.5, 0.6) is 0 Å². The molecule has 1 aliphatic carbocycles. The molecule has 1 nitrogen and oxygen atoms in total. The minimum atomic E-state index is 0.799. The monoisotopic (exact) mass is 261 g/mol. The standard InChI is InChI=1S/C12H24BrN/c1-4-5-11(8-13)9-14(3)10(2)12-6-7-12/h10-12H,4-9H2,1-3H3. The first-order valence-electron chi connectivity index (χ1n) is 5.95. The summed E-state index contributed by atoms with van der Waals surface area (Å²) in [6.45, 7) is 5.92. The largest absolute Gasteiger partial charge is 0.303 e. The number of alkyl halides is 1. The van der Waals surface area contributed by atoms with Gasteiger partial charge in [-0.3, -0.25) is 0 Å². The van der Waals surface area contributed by atoms with Crippen LogP contribution in [0.4, 0.5) is 0 Å². The molecular weight excluding hydrogens is 238 g/mol. The summed E-state index contributed by atoms with van der Waals surface area (Å²) in [6, 6.07) is 0.799. The zero-order valence-corrected chi connectivity index (χ0v) is 11.4. The smallest absolute Gasteiger partial charge is 0.00922 e. The Hall–Kier alpha value is 0.440. The van der Waals surface area contributed by atoms with Gasteiger partial charge in [-0.25, -0.2) is 0 Å². The van der Waals surface area contributed by atoms with Gasteiger partial charge < -0.3 is 4.90 Å². The number of hydrogen-bond acceptors (Lipinski definition) is 1. The van der Waals surface area contributed by atoms with E-state index in [0.29, 0.717) is 0 Å². The summed E-state index contributed by atoms with van der Waals surface area (Å²) in [5.74, 6) is 1.84. The Labute approximate surface area is 97.4 Å². The van der Waals surface area contributed by atoms with Gasteiger partial charge in [0.15, 0.2) is 0 Å². The fraction of sp³-hybridized carbons (Fsp3) is 1.00. The van der Waals surface area contributed by atoms with Gasteiger partial charge in [0.2, 0.25) is 0 Å². The second-order valence-electron chi connectivity index (χ2n) is 4.83. The molecule has 1 fully saturated rings. The Bertz CT molecular complexity index is 156. The van der Waals surface area contributed by atoms with Gasteiger partial charge in [-0.15, -0.1) is 0 Å². The average Bonchev–Trinajstić information content (AvgIpc) is 2.99. The molecule has 1 aliphatic rings. The molecule has 1 saturated carbocycles. The van der Waals surface area contributed by atoms with Gasteiger partial charge in [0.25, 0.3) is 0 Å². The number of rotatable bonds is 7. The Balaban J connectivity index is 2.25. The number of nitrogens with zero attached hydrogens (tertiary/aromatic N) is 1. The van der Waals surface area contributed by atoms with Gasteiger partial charge in [0.05, 0.1) is 0 Å². The molecule has 0 aromatic carbocycles. The Morgan fingerprint density at radius 3 is 2.50 bits per heavy atom. The van der Waals surface area contributed by atoms with E-state index in [4.69, 9.17) is 0 Å². The van der Waals surface area contributed by atoms with E-state index in [2.05, 4.69) is 41.7 Å². The summed E-state index contributed by atoms with van der Waals surface area (Å²) < 4.78 is 0. The van der Waals surface area contributed by atoms with Crippen molar-refractivity contribution in [1.82, 2.24) is 4.90 Å². The summed E-state index contributed by atoms with van der Waals surface area (Å²) in [6.07, 6.45) is 5.57. The zero-order chi connectivity index (χ0) is 10.6. The third kappa shape index (κ3) is 3.90. The molecule has 0 saturated heterocycles. The molecule has 0 radical (unpaired) electrons. The molecular formula is C12H24BrN. The lowest BCUT2D eigenvalue weighted by Gasteiger charge is -2.28. The maximum Gasteiger partial charge on any atom is 0.00922 e. The van der Waals surface area contributed by atoms with Crippen LogP contribution in [0, 0.1) is 11.8 Å². The molecule has 0 N–H and O–H groups in total. The highest BCUT2D eigenvalue weighted by Gasteiger charge is 2.30. The SMILES string of the molecule is CCCC(CBr)CN(C)C(C)C1CC1. The van der Waals surface area contributed by atoms with E-state index in [1.54, 1.807) is 0 Å². The minimum absolute atomic E-state index is 0.799. The van der Waals surface area contributed by atoms with Crippen molar-refractivity contribution in [1.29, 1.82) is 0 Å². The quantitative estimate of drug-likeness (QED) is 0.634. The molecule has 14 heavy (non-hydrogen) atoms. The van der Waals surface area contributed by atoms with Crippen molar-refractivity contribution in [2.24, 2.45) is 11.8 Å². The van der Waals surface area contributed by atoms with Crippen molar-refractivity contribution in [3.05, 3.63) is 0 Å². The molecule has 84 valence electrons. The first-order valence-corrected chi connectivity index (χ1v) is 7.07. The Kier molecular flexibility index (Phi) is 5.47. The topological polar surface area (TPSA) is 3.24 Å². The van der Waals surface area contributed by atoms with E-state index in [0.717, 1.165) is 23.2 Å². The van der Waals surface area contributed by atoms with Crippen LogP contribution in [0.2, 0.25) is 0 Å². The van der Waals surface area contributed by atoms with Crippen LogP contribution in [-0.4, -0.2) is 29.9 Å². The van der Waals surface area contributed by atoms with Crippen molar-refractivity contribution in [3.8, 4) is 0 Å². The van der Waals surface area contributed by atoms with Gasteiger partial charge >= 0.3 is 0 Å². The van der Waals surface area contributed by atoms with Crippen molar-refractivity contribution in [2.45, 2.75) is 45.6 Å². The Morgan fingerprint density at radius 1 is 1.43 bits per heavy atom. The van der Waals surface area contributed by atoms with Gasteiger partial charge in [0, 0.05) is 17.9 Å². The summed E-state index contributed by atoms with van der Waals surface area (Å²) in [5, 5.41) is 1.16. The first-order chi connectivity index (χ1) is 6.69. The van der Waals surface area contributed by atoms with Crippen LogP contribution in [0.15, 0.2) is 0 Å². The predicted octanol–water partition coefficient (Wildman–Crippen LogP) is 3.53. The lowest BCUT2D eigenvalue weighted by atomic mass is 10.0. The minimum Gasteiger partial charge on any atom is -0.303 e. The van der Waals surface area contributed by atoms with Crippen molar-refractivity contribution in [3.63, 3.8) is 0 Å². The van der Waals surface area contributed by atoms with E-state index in [1.165, 1.54) is 32.2 Å². The predicted molar refractivity (Wildman–Crippen MR) is 67.0 cm³/mol. The van der Waals surface area contributed by atoms with Crippen LogP contribution < -0.4 is 0 Å². The Morgan fingerprint density at radius 2 is 2.07 bits per heavy atom. The fourth-order valence-electron chi connectivity index (χ4n) is 2.14. The van der Waals surface area contributed by atoms with Crippen LogP contribution in [0.3, 0.4) is 0 Å². The lowest BCUT2D eigenvalue weighted by Crippen LogP contribution is -2.35. The van der Waals surface area contributed by atoms with Gasteiger partial charge in [-0.1, -0.05) is 29.3 Å². The maximum atomic E-state index is 3.62. The van der Waals surface area contributed by atoms with Crippen LogP contribution in [0.1, 0.15) is 39.5 Å². The summed E-state index contributed by atoms with van der Waals surface area (Å²) in [5.41, 5.74) is 0. The molecule has 0 amide bonds. The second kappa shape index (κ2) is 6.12. The fourth-order valence-corrected chi connectivity index (χ4v) is 2.67. The molecule has 2 atom stereocenters. The molecule has 0 aromatic heterocycles. The summed E-state index contributed by atoms with van der Waals surface area (Å²) in [4.78, 5) is 2.55. The number of hydrogen-bond donors (Lipinski definition) is 0. The van der Waals surface area contributed by atoms with Crippen molar-refractivity contribution in [2.75, 3.05) is 18.9 Å². The third-order valence-corrected chi connectivity index (χ3v) is 4.38. The molecule has 0 aromatic rings. The highest BCUT2D eigenvalue weighted by molar-refractivity contribution is 9.09. The van der Waals surface area contributed by atoms with Gasteiger partial charge in [-0.05, 0) is 45.1 Å². The molecule has 2 heteroatoms. The molecule has 0 aliphatic heterocycles. The molecule has 0 heterocycles. The molecule has 1 rings (SSSR count). The summed E-state index contributed by atoms with van der Waals surface area (Å²) in [7, 11) is 2.29. The molecule has 0 bridgehead atoms. The maximum absolute atomic E-state index is 3.62. The van der Waals surface area contributed by atoms with E-state index in [-0.39, 0.29) is 0 Å². The van der Waals surface area contributed by atoms with E-state index in [1.807, 2.05) is 0 Å². The third-order valence-electron chi connectivity index (χ3n) is 3.46. The zero-order valence-electron chi connectivity index (χ0n) is 9.80. The van der Waals surface area contributed by atoms with Crippen molar-refractivity contribution >= 4 is 15.9 Å². The van der Waals surface area contributed by atoms with Crippen LogP contribution in [0.25, 0.3) is 0 Å². The van der Waals surface area contributed by atoms with Gasteiger partial charge in [0.1, 0.15) is 0 Å². The van der Waals surface area contributed by atoms with E-state index >= 15 is 0 Å². The normalized spacial score (nSPS) is 21.2. The van der Waals surface area contributed by atoms with Crippen molar-refractivity contribution < 1.29 is 0 Å². The van der Waals surface area contributed by atoms with E-state index < -0.39 is 0 Å². The van der Waals surface area contributed by atoms with Gasteiger partial charge in [-0.2, -0.15) is 0 Å². The van der Waals surface area contributed by atoms with Crippen LogP contribution >= 0.6 is 15.9 Å². The highest BCUT2D eigenvalue weighted by Crippen LogP contribution is 2.35. The highest BCUT2D eigenvalue weighted by atomic mass is 79.9. The average molecular weight is 262 g/mol. The summed E-state index contributed by atoms with van der Waals surface area (Å²) >= 11 is 3.62.